The summed E-state index contributed by atoms with van der Waals surface area (Å²) in [5, 5.41) is 7.61. The maximum atomic E-state index is 12.2. The van der Waals surface area contributed by atoms with Crippen LogP contribution in [0.2, 0.25) is 0 Å². The number of rotatable bonds is 7. The van der Waals surface area contributed by atoms with Crippen molar-refractivity contribution in [2.75, 3.05) is 25.7 Å². The normalized spacial score (nSPS) is 10.8. The molecule has 0 bridgehead atoms. The zero-order valence-corrected chi connectivity index (χ0v) is 12.0. The van der Waals surface area contributed by atoms with Crippen LogP contribution < -0.4 is 10.2 Å². The smallest absolute Gasteiger partial charge is 0.109 e. The molecule has 0 saturated heterocycles. The third-order valence-electron chi connectivity index (χ3n) is 3.10. The molecule has 20 heavy (non-hydrogen) atoms. The van der Waals surface area contributed by atoms with Gasteiger partial charge in [-0.15, -0.1) is 0 Å². The van der Waals surface area contributed by atoms with Gasteiger partial charge in [0.05, 0.1) is 12.2 Å². The van der Waals surface area contributed by atoms with E-state index < -0.39 is 0 Å². The Balaban J connectivity index is 1.79. The first-order valence-corrected chi connectivity index (χ1v) is 6.74. The first-order valence-electron chi connectivity index (χ1n) is 6.74. The van der Waals surface area contributed by atoms with Crippen molar-refractivity contribution in [2.45, 2.75) is 19.6 Å². The van der Waals surface area contributed by atoms with Crippen LogP contribution in [0.15, 0.2) is 36.5 Å². The van der Waals surface area contributed by atoms with Crippen LogP contribution in [0.1, 0.15) is 11.3 Å². The molecule has 0 atom stereocenters. The SMILES string of the molecule is CN(C)c1ccc(CNCc2ccn(CCF)n2)cc1. The van der Waals surface area contributed by atoms with Crippen molar-refractivity contribution in [3.8, 4) is 0 Å². The van der Waals surface area contributed by atoms with Crippen molar-refractivity contribution >= 4 is 5.69 Å². The minimum Gasteiger partial charge on any atom is -0.378 e. The highest BCUT2D eigenvalue weighted by Gasteiger charge is 2.00. The number of aryl methyl sites for hydroxylation is 1. The molecular formula is C15H21FN4. The fourth-order valence-electron chi connectivity index (χ4n) is 1.96. The van der Waals surface area contributed by atoms with Gasteiger partial charge < -0.3 is 10.2 Å². The van der Waals surface area contributed by atoms with Crippen LogP contribution in [-0.2, 0) is 19.6 Å². The minimum atomic E-state index is -0.382. The molecule has 0 saturated carbocycles. The maximum absolute atomic E-state index is 12.2. The molecule has 1 N–H and O–H groups in total. The van der Waals surface area contributed by atoms with Crippen LogP contribution in [-0.4, -0.2) is 30.6 Å². The van der Waals surface area contributed by atoms with Gasteiger partial charge in [-0.2, -0.15) is 5.10 Å². The Bertz CT molecular complexity index is 519. The molecule has 0 spiro atoms. The summed E-state index contributed by atoms with van der Waals surface area (Å²) in [7, 11) is 4.06. The Morgan fingerprint density at radius 1 is 1.15 bits per heavy atom. The number of hydrogen-bond donors (Lipinski definition) is 1. The third kappa shape index (κ3) is 4.06. The summed E-state index contributed by atoms with van der Waals surface area (Å²) < 4.78 is 13.8. The van der Waals surface area contributed by atoms with Crippen LogP contribution in [0.4, 0.5) is 10.1 Å². The van der Waals surface area contributed by atoms with Crippen molar-refractivity contribution in [2.24, 2.45) is 0 Å². The third-order valence-corrected chi connectivity index (χ3v) is 3.10. The van der Waals surface area contributed by atoms with Crippen molar-refractivity contribution in [1.29, 1.82) is 0 Å². The van der Waals surface area contributed by atoms with Crippen LogP contribution in [0.3, 0.4) is 0 Å². The average molecular weight is 276 g/mol. The van der Waals surface area contributed by atoms with E-state index in [2.05, 4.69) is 39.6 Å². The number of anilines is 1. The summed E-state index contributed by atoms with van der Waals surface area (Å²) in [5.74, 6) is 0. The van der Waals surface area contributed by atoms with Gasteiger partial charge in [0, 0.05) is 39.1 Å². The van der Waals surface area contributed by atoms with Gasteiger partial charge in [0.2, 0.25) is 0 Å². The van der Waals surface area contributed by atoms with E-state index in [-0.39, 0.29) is 6.67 Å². The summed E-state index contributed by atoms with van der Waals surface area (Å²) in [6.45, 7) is 1.43. The molecule has 1 heterocycles. The average Bonchev–Trinajstić information content (AvgIpc) is 2.87. The second-order valence-electron chi connectivity index (χ2n) is 4.92. The Morgan fingerprint density at radius 2 is 1.90 bits per heavy atom. The number of nitrogens with zero attached hydrogens (tertiary/aromatic N) is 3. The molecule has 1 aromatic carbocycles. The minimum absolute atomic E-state index is 0.325. The Hall–Kier alpha value is -1.88. The van der Waals surface area contributed by atoms with Gasteiger partial charge in [0.1, 0.15) is 6.67 Å². The number of halogens is 1. The summed E-state index contributed by atoms with van der Waals surface area (Å²) in [6.07, 6.45) is 1.81. The molecule has 0 aliphatic rings. The van der Waals surface area contributed by atoms with Gasteiger partial charge in [0.15, 0.2) is 0 Å². The number of alkyl halides is 1. The second-order valence-corrected chi connectivity index (χ2v) is 4.92. The highest BCUT2D eigenvalue weighted by molar-refractivity contribution is 5.45. The van der Waals surface area contributed by atoms with Crippen LogP contribution >= 0.6 is 0 Å². The Kier molecular flexibility index (Phi) is 5.12. The van der Waals surface area contributed by atoms with E-state index in [1.807, 2.05) is 26.4 Å². The largest absolute Gasteiger partial charge is 0.378 e. The van der Waals surface area contributed by atoms with E-state index in [1.165, 1.54) is 11.3 Å². The molecule has 2 aromatic rings. The van der Waals surface area contributed by atoms with Crippen LogP contribution in [0, 0.1) is 0 Å². The fraction of sp³-hybridized carbons (Fsp3) is 0.400. The van der Waals surface area contributed by atoms with E-state index in [0.29, 0.717) is 13.1 Å². The lowest BCUT2D eigenvalue weighted by atomic mass is 10.2. The lowest BCUT2D eigenvalue weighted by Crippen LogP contribution is -2.14. The van der Waals surface area contributed by atoms with E-state index in [1.54, 1.807) is 4.68 Å². The fourth-order valence-corrected chi connectivity index (χ4v) is 1.96. The molecular weight excluding hydrogens is 255 g/mol. The van der Waals surface area contributed by atoms with Gasteiger partial charge in [-0.05, 0) is 23.8 Å². The van der Waals surface area contributed by atoms with E-state index in [0.717, 1.165) is 12.2 Å². The number of benzene rings is 1. The zero-order valence-electron chi connectivity index (χ0n) is 12.0. The van der Waals surface area contributed by atoms with Gasteiger partial charge in [0.25, 0.3) is 0 Å². The first kappa shape index (κ1) is 14.5. The second kappa shape index (κ2) is 7.05. The lowest BCUT2D eigenvalue weighted by molar-refractivity contribution is 0.425. The highest BCUT2D eigenvalue weighted by Crippen LogP contribution is 2.12. The summed E-state index contributed by atoms with van der Waals surface area (Å²) in [5.41, 5.74) is 3.36. The molecule has 0 radical (unpaired) electrons. The predicted molar refractivity (Wildman–Crippen MR) is 79.5 cm³/mol. The molecule has 5 heteroatoms. The Morgan fingerprint density at radius 3 is 2.55 bits per heavy atom. The van der Waals surface area contributed by atoms with E-state index in [9.17, 15) is 4.39 Å². The van der Waals surface area contributed by atoms with Crippen LogP contribution in [0.5, 0.6) is 0 Å². The van der Waals surface area contributed by atoms with Crippen molar-refractivity contribution in [3.63, 3.8) is 0 Å². The summed E-state index contributed by atoms with van der Waals surface area (Å²) >= 11 is 0. The maximum Gasteiger partial charge on any atom is 0.109 e. The van der Waals surface area contributed by atoms with Gasteiger partial charge in [-0.1, -0.05) is 12.1 Å². The molecule has 108 valence electrons. The molecule has 4 nitrogen and oxygen atoms in total. The number of hydrogen-bond acceptors (Lipinski definition) is 3. The first-order chi connectivity index (χ1) is 9.69. The predicted octanol–water partition coefficient (Wildman–Crippen LogP) is 2.21. The summed E-state index contributed by atoms with van der Waals surface area (Å²) in [4.78, 5) is 2.08. The quantitative estimate of drug-likeness (QED) is 0.841. The molecule has 0 aliphatic heterocycles. The molecule has 0 amide bonds. The standard InChI is InChI=1S/C15H21FN4/c1-19(2)15-5-3-13(4-6-15)11-17-12-14-7-9-20(18-14)10-8-16/h3-7,9,17H,8,10-12H2,1-2H3. The molecule has 1 aromatic heterocycles. The number of aromatic nitrogens is 2. The molecule has 0 unspecified atom stereocenters. The van der Waals surface area contributed by atoms with Crippen LogP contribution in [0.25, 0.3) is 0 Å². The van der Waals surface area contributed by atoms with Crippen molar-refractivity contribution in [1.82, 2.24) is 15.1 Å². The van der Waals surface area contributed by atoms with Gasteiger partial charge in [-0.3, -0.25) is 4.68 Å². The van der Waals surface area contributed by atoms with Crippen molar-refractivity contribution < 1.29 is 4.39 Å². The molecule has 2 rings (SSSR count). The number of nitrogens with one attached hydrogen (secondary N) is 1. The molecule has 0 fully saturated rings. The topological polar surface area (TPSA) is 33.1 Å². The van der Waals surface area contributed by atoms with Gasteiger partial charge in [-0.25, -0.2) is 4.39 Å². The van der Waals surface area contributed by atoms with Crippen molar-refractivity contribution in [3.05, 3.63) is 47.8 Å². The summed E-state index contributed by atoms with van der Waals surface area (Å²) in [6, 6.07) is 10.4. The zero-order chi connectivity index (χ0) is 14.4. The van der Waals surface area contributed by atoms with E-state index in [4.69, 9.17) is 0 Å². The molecule has 0 aliphatic carbocycles. The highest BCUT2D eigenvalue weighted by atomic mass is 19.1. The monoisotopic (exact) mass is 276 g/mol. The Labute approximate surface area is 119 Å². The van der Waals surface area contributed by atoms with Gasteiger partial charge >= 0.3 is 0 Å². The van der Waals surface area contributed by atoms with E-state index >= 15 is 0 Å². The lowest BCUT2D eigenvalue weighted by Gasteiger charge is -2.12.